The monoisotopic (exact) mass is 223 g/mol. The van der Waals surface area contributed by atoms with Gasteiger partial charge in [-0.05, 0) is 41.6 Å². The van der Waals surface area contributed by atoms with E-state index in [1.807, 2.05) is 36.6 Å². The molecular weight excluding hydrogens is 214 g/mol. The summed E-state index contributed by atoms with van der Waals surface area (Å²) in [5.74, 6) is 0. The summed E-state index contributed by atoms with van der Waals surface area (Å²) in [6.07, 6.45) is 0. The average molecular weight is 224 g/mol. The Morgan fingerprint density at radius 3 is 2.64 bits per heavy atom. The maximum atomic E-state index is 6.07. The molecule has 0 unspecified atom stereocenters. The van der Waals surface area contributed by atoms with Crippen LogP contribution in [0.1, 0.15) is 5.56 Å². The van der Waals surface area contributed by atoms with Gasteiger partial charge in [0.15, 0.2) is 0 Å². The van der Waals surface area contributed by atoms with Crippen LogP contribution in [0.4, 0.5) is 5.69 Å². The van der Waals surface area contributed by atoms with Gasteiger partial charge in [0.2, 0.25) is 0 Å². The quantitative estimate of drug-likeness (QED) is 0.728. The number of hydrogen-bond donors (Lipinski definition) is 1. The lowest BCUT2D eigenvalue weighted by Crippen LogP contribution is -1.87. The van der Waals surface area contributed by atoms with E-state index in [0.29, 0.717) is 0 Å². The SMILES string of the molecule is Cc1cc(N)ccc1-c1sccc1Cl. The van der Waals surface area contributed by atoms with Gasteiger partial charge in [0, 0.05) is 5.69 Å². The number of aryl methyl sites for hydroxylation is 1. The molecule has 0 amide bonds. The number of nitrogens with two attached hydrogens (primary N) is 1. The Labute approximate surface area is 92.1 Å². The number of thiophene rings is 1. The van der Waals surface area contributed by atoms with Crippen LogP contribution in [-0.4, -0.2) is 0 Å². The first-order valence-electron chi connectivity index (χ1n) is 4.28. The molecule has 2 aromatic rings. The van der Waals surface area contributed by atoms with E-state index in [0.717, 1.165) is 21.2 Å². The second kappa shape index (κ2) is 3.64. The smallest absolute Gasteiger partial charge is 0.0592 e. The van der Waals surface area contributed by atoms with Crippen LogP contribution in [0, 0.1) is 6.92 Å². The van der Waals surface area contributed by atoms with Gasteiger partial charge in [0.25, 0.3) is 0 Å². The van der Waals surface area contributed by atoms with Crippen LogP contribution in [0.5, 0.6) is 0 Å². The van der Waals surface area contributed by atoms with Gasteiger partial charge in [-0.2, -0.15) is 0 Å². The number of nitrogen functional groups attached to an aromatic ring is 1. The molecule has 2 N–H and O–H groups in total. The van der Waals surface area contributed by atoms with Crippen molar-refractivity contribution >= 4 is 28.6 Å². The van der Waals surface area contributed by atoms with E-state index in [9.17, 15) is 0 Å². The highest BCUT2D eigenvalue weighted by atomic mass is 35.5. The summed E-state index contributed by atoms with van der Waals surface area (Å²) in [6.45, 7) is 2.04. The Bertz CT molecular complexity index is 462. The van der Waals surface area contributed by atoms with Crippen LogP contribution in [0.3, 0.4) is 0 Å². The Morgan fingerprint density at radius 2 is 2.07 bits per heavy atom. The Kier molecular flexibility index (Phi) is 2.48. The van der Waals surface area contributed by atoms with Gasteiger partial charge in [0.05, 0.1) is 9.90 Å². The highest BCUT2D eigenvalue weighted by molar-refractivity contribution is 7.14. The molecule has 0 saturated heterocycles. The fourth-order valence-electron chi connectivity index (χ4n) is 1.43. The molecular formula is C11H10ClNS. The minimum absolute atomic E-state index is 0.791. The van der Waals surface area contributed by atoms with Crippen molar-refractivity contribution in [3.63, 3.8) is 0 Å². The van der Waals surface area contributed by atoms with Crippen molar-refractivity contribution in [1.82, 2.24) is 0 Å². The van der Waals surface area contributed by atoms with Gasteiger partial charge in [-0.1, -0.05) is 17.7 Å². The number of anilines is 1. The van der Waals surface area contributed by atoms with E-state index in [4.69, 9.17) is 17.3 Å². The van der Waals surface area contributed by atoms with Crippen molar-refractivity contribution in [3.05, 3.63) is 40.2 Å². The van der Waals surface area contributed by atoms with Crippen LogP contribution in [0.15, 0.2) is 29.6 Å². The zero-order valence-corrected chi connectivity index (χ0v) is 9.32. The molecule has 0 aliphatic rings. The van der Waals surface area contributed by atoms with E-state index in [1.54, 1.807) is 11.3 Å². The van der Waals surface area contributed by atoms with E-state index < -0.39 is 0 Å². The summed E-state index contributed by atoms with van der Waals surface area (Å²) >= 11 is 7.72. The molecule has 0 atom stereocenters. The minimum atomic E-state index is 0.791. The van der Waals surface area contributed by atoms with Crippen molar-refractivity contribution in [3.8, 4) is 10.4 Å². The zero-order valence-electron chi connectivity index (χ0n) is 7.75. The van der Waals surface area contributed by atoms with Crippen LogP contribution in [-0.2, 0) is 0 Å². The molecule has 0 bridgehead atoms. The molecule has 2 rings (SSSR count). The molecule has 1 aromatic heterocycles. The summed E-state index contributed by atoms with van der Waals surface area (Å²) in [6, 6.07) is 7.80. The van der Waals surface area contributed by atoms with Gasteiger partial charge >= 0.3 is 0 Å². The van der Waals surface area contributed by atoms with E-state index >= 15 is 0 Å². The Morgan fingerprint density at radius 1 is 1.29 bits per heavy atom. The molecule has 72 valence electrons. The third kappa shape index (κ3) is 1.63. The maximum absolute atomic E-state index is 6.07. The maximum Gasteiger partial charge on any atom is 0.0592 e. The average Bonchev–Trinajstić information content (AvgIpc) is 2.52. The molecule has 14 heavy (non-hydrogen) atoms. The first kappa shape index (κ1) is 9.56. The number of rotatable bonds is 1. The van der Waals surface area contributed by atoms with Crippen molar-refractivity contribution in [2.75, 3.05) is 5.73 Å². The summed E-state index contributed by atoms with van der Waals surface area (Å²) in [5.41, 5.74) is 8.81. The van der Waals surface area contributed by atoms with E-state index in [-0.39, 0.29) is 0 Å². The second-order valence-electron chi connectivity index (χ2n) is 3.17. The number of benzene rings is 1. The molecule has 1 nitrogen and oxygen atoms in total. The predicted octanol–water partition coefficient (Wildman–Crippen LogP) is 3.96. The molecule has 0 fully saturated rings. The van der Waals surface area contributed by atoms with Gasteiger partial charge in [-0.3, -0.25) is 0 Å². The molecule has 0 aliphatic carbocycles. The highest BCUT2D eigenvalue weighted by Crippen LogP contribution is 2.35. The minimum Gasteiger partial charge on any atom is -0.399 e. The van der Waals surface area contributed by atoms with Gasteiger partial charge < -0.3 is 5.73 Å². The molecule has 0 saturated carbocycles. The van der Waals surface area contributed by atoms with Crippen molar-refractivity contribution in [2.45, 2.75) is 6.92 Å². The fraction of sp³-hybridized carbons (Fsp3) is 0.0909. The number of hydrogen-bond acceptors (Lipinski definition) is 2. The highest BCUT2D eigenvalue weighted by Gasteiger charge is 2.07. The first-order chi connectivity index (χ1) is 6.68. The topological polar surface area (TPSA) is 26.0 Å². The standard InChI is InChI=1S/C11H10ClNS/c1-7-6-8(13)2-3-9(7)11-10(12)4-5-14-11/h2-6H,13H2,1H3. The summed E-state index contributed by atoms with van der Waals surface area (Å²) < 4.78 is 0. The summed E-state index contributed by atoms with van der Waals surface area (Å²) in [7, 11) is 0. The lowest BCUT2D eigenvalue weighted by molar-refractivity contribution is 1.48. The third-order valence-corrected chi connectivity index (χ3v) is 3.49. The molecule has 0 spiro atoms. The van der Waals surface area contributed by atoms with Gasteiger partial charge in [0.1, 0.15) is 0 Å². The lowest BCUT2D eigenvalue weighted by atomic mass is 10.1. The van der Waals surface area contributed by atoms with Gasteiger partial charge in [-0.15, -0.1) is 11.3 Å². The number of halogens is 1. The Balaban J connectivity index is 2.58. The second-order valence-corrected chi connectivity index (χ2v) is 4.50. The molecule has 3 heteroatoms. The lowest BCUT2D eigenvalue weighted by Gasteiger charge is -2.04. The molecule has 0 aliphatic heterocycles. The van der Waals surface area contributed by atoms with Crippen LogP contribution in [0.2, 0.25) is 5.02 Å². The van der Waals surface area contributed by atoms with E-state index in [1.165, 1.54) is 5.56 Å². The zero-order chi connectivity index (χ0) is 10.1. The molecule has 1 heterocycles. The first-order valence-corrected chi connectivity index (χ1v) is 5.54. The third-order valence-electron chi connectivity index (χ3n) is 2.11. The van der Waals surface area contributed by atoms with Crippen molar-refractivity contribution in [1.29, 1.82) is 0 Å². The summed E-state index contributed by atoms with van der Waals surface area (Å²) in [4.78, 5) is 1.11. The largest absolute Gasteiger partial charge is 0.399 e. The molecule has 1 aromatic carbocycles. The van der Waals surface area contributed by atoms with Crippen molar-refractivity contribution in [2.24, 2.45) is 0 Å². The normalized spacial score (nSPS) is 10.4. The van der Waals surface area contributed by atoms with E-state index in [2.05, 4.69) is 0 Å². The Hall–Kier alpha value is -0.990. The molecule has 0 radical (unpaired) electrons. The van der Waals surface area contributed by atoms with Crippen molar-refractivity contribution < 1.29 is 0 Å². The fourth-order valence-corrected chi connectivity index (χ4v) is 2.68. The summed E-state index contributed by atoms with van der Waals surface area (Å²) in [5, 5.41) is 2.80. The van der Waals surface area contributed by atoms with Crippen LogP contribution in [0.25, 0.3) is 10.4 Å². The van der Waals surface area contributed by atoms with Gasteiger partial charge in [-0.25, -0.2) is 0 Å². The van der Waals surface area contributed by atoms with Crippen LogP contribution < -0.4 is 5.73 Å². The van der Waals surface area contributed by atoms with Crippen LogP contribution >= 0.6 is 22.9 Å². The predicted molar refractivity (Wildman–Crippen MR) is 63.9 cm³/mol.